The molecule has 138 valence electrons. The summed E-state index contributed by atoms with van der Waals surface area (Å²) in [5.41, 5.74) is 1.18. The summed E-state index contributed by atoms with van der Waals surface area (Å²) in [7, 11) is 0. The number of carbonyl (C=O) groups excluding carboxylic acids is 1. The highest BCUT2D eigenvalue weighted by molar-refractivity contribution is 5.93. The number of nitrogens with one attached hydrogen (secondary N) is 1. The normalized spacial score (nSPS) is 15.3. The Bertz CT molecular complexity index is 521. The van der Waals surface area contributed by atoms with Crippen molar-refractivity contribution in [1.82, 2.24) is 15.4 Å². The summed E-state index contributed by atoms with van der Waals surface area (Å²) in [5, 5.41) is 7.12. The number of aryl methyl sites for hydroxylation is 1. The molecule has 0 saturated carbocycles. The van der Waals surface area contributed by atoms with Gasteiger partial charge in [0.05, 0.1) is 0 Å². The lowest BCUT2D eigenvalue weighted by Gasteiger charge is -2.45. The van der Waals surface area contributed by atoms with E-state index in [0.29, 0.717) is 5.69 Å². The van der Waals surface area contributed by atoms with E-state index in [1.165, 1.54) is 0 Å². The Morgan fingerprint density at radius 3 is 2.25 bits per heavy atom. The van der Waals surface area contributed by atoms with Gasteiger partial charge >= 0.3 is 0 Å². The third-order valence-electron chi connectivity index (χ3n) is 5.26. The van der Waals surface area contributed by atoms with Crippen LogP contribution in [-0.4, -0.2) is 40.6 Å². The van der Waals surface area contributed by atoms with E-state index in [2.05, 4.69) is 50.0 Å². The lowest BCUT2D eigenvalue weighted by molar-refractivity contribution is 0.0581. The largest absolute Gasteiger partial charge is 0.360 e. The van der Waals surface area contributed by atoms with Gasteiger partial charge in [-0.05, 0) is 53.1 Å². The van der Waals surface area contributed by atoms with Crippen LogP contribution in [-0.2, 0) is 6.42 Å². The minimum atomic E-state index is -0.143. The van der Waals surface area contributed by atoms with Gasteiger partial charge < -0.3 is 9.84 Å². The second kappa shape index (κ2) is 9.21. The van der Waals surface area contributed by atoms with Crippen molar-refractivity contribution < 1.29 is 9.32 Å². The minimum Gasteiger partial charge on any atom is -0.360 e. The van der Waals surface area contributed by atoms with Crippen molar-refractivity contribution in [3.8, 4) is 0 Å². The highest BCUT2D eigenvalue weighted by Crippen LogP contribution is 2.25. The van der Waals surface area contributed by atoms with Crippen molar-refractivity contribution in [3.05, 3.63) is 17.0 Å². The van der Waals surface area contributed by atoms with Crippen LogP contribution < -0.4 is 5.32 Å². The van der Waals surface area contributed by atoms with Crippen molar-refractivity contribution >= 4 is 5.91 Å². The average Bonchev–Trinajstić information content (AvgIpc) is 2.94. The molecule has 5 heteroatoms. The molecule has 1 N–H and O–H groups in total. The van der Waals surface area contributed by atoms with E-state index >= 15 is 0 Å². The van der Waals surface area contributed by atoms with E-state index in [0.717, 1.165) is 50.1 Å². The molecule has 2 atom stereocenters. The van der Waals surface area contributed by atoms with E-state index in [1.807, 2.05) is 13.8 Å². The summed E-state index contributed by atoms with van der Waals surface area (Å²) in [4.78, 5) is 15.2. The van der Waals surface area contributed by atoms with Crippen LogP contribution in [0.1, 0.15) is 82.6 Å². The van der Waals surface area contributed by atoms with Crippen LogP contribution in [0.2, 0.25) is 0 Å². The van der Waals surface area contributed by atoms with E-state index < -0.39 is 0 Å². The first kappa shape index (κ1) is 20.7. The number of hydrogen-bond donors (Lipinski definition) is 1. The zero-order chi connectivity index (χ0) is 18.3. The summed E-state index contributed by atoms with van der Waals surface area (Å²) in [6.07, 6.45) is 3.94. The quantitative estimate of drug-likeness (QED) is 0.702. The topological polar surface area (TPSA) is 58.4 Å². The SMILES string of the molecule is CCCN(CCC)C(C)(CC)C(C)NC(=O)c1noc(CC)c1C. The number of nitrogens with zero attached hydrogens (tertiary/aromatic N) is 2. The van der Waals surface area contributed by atoms with Gasteiger partial charge in [-0.25, -0.2) is 0 Å². The Balaban J connectivity index is 2.93. The predicted molar refractivity (Wildman–Crippen MR) is 98.4 cm³/mol. The molecule has 0 aliphatic rings. The molecule has 0 fully saturated rings. The number of amides is 1. The van der Waals surface area contributed by atoms with Gasteiger partial charge in [0.1, 0.15) is 5.76 Å². The van der Waals surface area contributed by atoms with Crippen molar-refractivity contribution in [1.29, 1.82) is 0 Å². The van der Waals surface area contributed by atoms with E-state index in [1.54, 1.807) is 0 Å². The van der Waals surface area contributed by atoms with Gasteiger partial charge in [-0.2, -0.15) is 0 Å². The first-order valence-electron chi connectivity index (χ1n) is 9.36. The summed E-state index contributed by atoms with van der Waals surface area (Å²) < 4.78 is 5.26. The smallest absolute Gasteiger partial charge is 0.274 e. The van der Waals surface area contributed by atoms with Gasteiger partial charge in [0.25, 0.3) is 5.91 Å². The molecule has 0 saturated heterocycles. The zero-order valence-electron chi connectivity index (χ0n) is 16.5. The summed E-state index contributed by atoms with van der Waals surface area (Å²) in [6.45, 7) is 16.9. The van der Waals surface area contributed by atoms with Gasteiger partial charge in [0.15, 0.2) is 5.69 Å². The standard InChI is InChI=1S/C19H35N3O2/c1-8-12-22(13-9-2)19(7,11-4)15(6)20-18(23)17-14(5)16(10-3)24-21-17/h15H,8-13H2,1-7H3,(H,20,23). The molecule has 0 bridgehead atoms. The molecular formula is C19H35N3O2. The highest BCUT2D eigenvalue weighted by Gasteiger charge is 2.36. The first-order valence-corrected chi connectivity index (χ1v) is 9.36. The van der Waals surface area contributed by atoms with Gasteiger partial charge in [-0.15, -0.1) is 0 Å². The Morgan fingerprint density at radius 2 is 1.83 bits per heavy atom. The number of carbonyl (C=O) groups is 1. The fraction of sp³-hybridized carbons (Fsp3) is 0.789. The van der Waals surface area contributed by atoms with E-state index in [9.17, 15) is 4.79 Å². The van der Waals surface area contributed by atoms with Gasteiger partial charge in [0.2, 0.25) is 0 Å². The summed E-state index contributed by atoms with van der Waals surface area (Å²) in [6, 6.07) is 0.0225. The first-order chi connectivity index (χ1) is 11.3. The molecular weight excluding hydrogens is 302 g/mol. The number of rotatable bonds is 10. The molecule has 2 unspecified atom stereocenters. The van der Waals surface area contributed by atoms with Crippen LogP contribution >= 0.6 is 0 Å². The maximum atomic E-state index is 12.7. The van der Waals surface area contributed by atoms with Crippen LogP contribution in [0.3, 0.4) is 0 Å². The van der Waals surface area contributed by atoms with Gasteiger partial charge in [-0.3, -0.25) is 9.69 Å². The fourth-order valence-electron chi connectivity index (χ4n) is 3.30. The zero-order valence-corrected chi connectivity index (χ0v) is 16.5. The third kappa shape index (κ3) is 4.38. The maximum absolute atomic E-state index is 12.7. The van der Waals surface area contributed by atoms with Crippen LogP contribution in [0.25, 0.3) is 0 Å². The molecule has 0 spiro atoms. The lowest BCUT2D eigenvalue weighted by atomic mass is 9.87. The Kier molecular flexibility index (Phi) is 7.94. The van der Waals surface area contributed by atoms with Crippen molar-refractivity contribution in [2.75, 3.05) is 13.1 Å². The number of hydrogen-bond acceptors (Lipinski definition) is 4. The van der Waals surface area contributed by atoms with Gasteiger partial charge in [-0.1, -0.05) is 32.9 Å². The van der Waals surface area contributed by atoms with Crippen molar-refractivity contribution in [2.45, 2.75) is 85.7 Å². The molecule has 1 aromatic heterocycles. The molecule has 0 aromatic carbocycles. The van der Waals surface area contributed by atoms with E-state index in [-0.39, 0.29) is 17.5 Å². The average molecular weight is 338 g/mol. The molecule has 0 radical (unpaired) electrons. The van der Waals surface area contributed by atoms with Gasteiger partial charge in [0, 0.05) is 23.6 Å². The minimum absolute atomic E-state index is 0.0225. The second-order valence-electron chi connectivity index (χ2n) is 6.83. The Hall–Kier alpha value is -1.36. The predicted octanol–water partition coefficient (Wildman–Crippen LogP) is 3.95. The molecule has 1 heterocycles. The summed E-state index contributed by atoms with van der Waals surface area (Å²) in [5.74, 6) is 0.640. The molecule has 1 aromatic rings. The highest BCUT2D eigenvalue weighted by atomic mass is 16.5. The van der Waals surface area contributed by atoms with Crippen LogP contribution in [0.5, 0.6) is 0 Å². The molecule has 1 amide bonds. The molecule has 1 rings (SSSR count). The fourth-order valence-corrected chi connectivity index (χ4v) is 3.30. The van der Waals surface area contributed by atoms with Crippen molar-refractivity contribution in [3.63, 3.8) is 0 Å². The lowest BCUT2D eigenvalue weighted by Crippen LogP contribution is -2.59. The Labute approximate surface area is 147 Å². The molecule has 0 aliphatic carbocycles. The van der Waals surface area contributed by atoms with Crippen LogP contribution in [0.4, 0.5) is 0 Å². The van der Waals surface area contributed by atoms with E-state index in [4.69, 9.17) is 4.52 Å². The number of aromatic nitrogens is 1. The molecule has 24 heavy (non-hydrogen) atoms. The molecule has 0 aliphatic heterocycles. The maximum Gasteiger partial charge on any atom is 0.274 e. The Morgan fingerprint density at radius 1 is 1.25 bits per heavy atom. The summed E-state index contributed by atoms with van der Waals surface area (Å²) >= 11 is 0. The van der Waals surface area contributed by atoms with Crippen LogP contribution in [0.15, 0.2) is 4.52 Å². The monoisotopic (exact) mass is 337 g/mol. The van der Waals surface area contributed by atoms with Crippen molar-refractivity contribution in [2.24, 2.45) is 0 Å². The molecule has 5 nitrogen and oxygen atoms in total. The van der Waals surface area contributed by atoms with Crippen LogP contribution in [0, 0.1) is 6.92 Å². The third-order valence-corrected chi connectivity index (χ3v) is 5.26. The second-order valence-corrected chi connectivity index (χ2v) is 6.83.